The standard InChI is InChI=1S/C9H7BrN2/c10-9-8(6-1-2-6)7(5-11)3-4-12-9/h3-4,6H,1-2H2. The molecule has 12 heavy (non-hydrogen) atoms. The molecule has 1 heterocycles. The fourth-order valence-electron chi connectivity index (χ4n) is 1.31. The van der Waals surface area contributed by atoms with Crippen molar-refractivity contribution in [2.45, 2.75) is 18.8 Å². The highest BCUT2D eigenvalue weighted by molar-refractivity contribution is 9.10. The van der Waals surface area contributed by atoms with E-state index in [1.54, 1.807) is 12.3 Å². The Labute approximate surface area is 79.4 Å². The van der Waals surface area contributed by atoms with Crippen molar-refractivity contribution in [3.05, 3.63) is 28.0 Å². The van der Waals surface area contributed by atoms with Gasteiger partial charge in [0.1, 0.15) is 4.60 Å². The number of halogens is 1. The smallest absolute Gasteiger partial charge is 0.110 e. The predicted octanol–water partition coefficient (Wildman–Crippen LogP) is 2.59. The molecule has 1 aromatic heterocycles. The van der Waals surface area contributed by atoms with Crippen molar-refractivity contribution in [1.82, 2.24) is 4.98 Å². The van der Waals surface area contributed by atoms with Crippen LogP contribution in [0.5, 0.6) is 0 Å². The summed E-state index contributed by atoms with van der Waals surface area (Å²) in [5, 5.41) is 8.82. The first kappa shape index (κ1) is 7.75. The molecule has 60 valence electrons. The molecule has 0 aliphatic heterocycles. The predicted molar refractivity (Wildman–Crippen MR) is 48.6 cm³/mol. The van der Waals surface area contributed by atoms with Crippen LogP contribution in [0.3, 0.4) is 0 Å². The third-order valence-electron chi connectivity index (χ3n) is 2.05. The lowest BCUT2D eigenvalue weighted by Gasteiger charge is -2.02. The molecule has 0 bridgehead atoms. The van der Waals surface area contributed by atoms with E-state index in [9.17, 15) is 0 Å². The van der Waals surface area contributed by atoms with Gasteiger partial charge in [-0.25, -0.2) is 4.98 Å². The summed E-state index contributed by atoms with van der Waals surface area (Å²) in [6.07, 6.45) is 4.05. The van der Waals surface area contributed by atoms with Crippen LogP contribution in [0, 0.1) is 11.3 Å². The maximum atomic E-state index is 8.82. The molecule has 2 nitrogen and oxygen atoms in total. The molecule has 0 N–H and O–H groups in total. The van der Waals surface area contributed by atoms with Crippen LogP contribution in [0.25, 0.3) is 0 Å². The van der Waals surface area contributed by atoms with Crippen molar-refractivity contribution in [1.29, 1.82) is 5.26 Å². The maximum Gasteiger partial charge on any atom is 0.110 e. The summed E-state index contributed by atoms with van der Waals surface area (Å²) >= 11 is 3.37. The Morgan fingerprint density at radius 2 is 2.33 bits per heavy atom. The zero-order valence-electron chi connectivity index (χ0n) is 6.42. The van der Waals surface area contributed by atoms with Crippen molar-refractivity contribution in [3.63, 3.8) is 0 Å². The first-order chi connectivity index (χ1) is 5.83. The second-order valence-corrected chi connectivity index (χ2v) is 3.70. The van der Waals surface area contributed by atoms with E-state index in [4.69, 9.17) is 5.26 Å². The van der Waals surface area contributed by atoms with E-state index >= 15 is 0 Å². The van der Waals surface area contributed by atoms with Crippen molar-refractivity contribution < 1.29 is 0 Å². The van der Waals surface area contributed by atoms with Crippen molar-refractivity contribution in [3.8, 4) is 6.07 Å². The molecule has 0 saturated heterocycles. The van der Waals surface area contributed by atoms with Crippen LogP contribution in [0.2, 0.25) is 0 Å². The molecular weight excluding hydrogens is 216 g/mol. The molecule has 0 amide bonds. The van der Waals surface area contributed by atoms with Gasteiger partial charge in [0.25, 0.3) is 0 Å². The summed E-state index contributed by atoms with van der Waals surface area (Å²) in [7, 11) is 0. The Hall–Kier alpha value is -0.880. The first-order valence-electron chi connectivity index (χ1n) is 3.87. The van der Waals surface area contributed by atoms with Crippen molar-refractivity contribution >= 4 is 15.9 Å². The average Bonchev–Trinajstić information content (AvgIpc) is 2.87. The first-order valence-corrected chi connectivity index (χ1v) is 4.66. The quantitative estimate of drug-likeness (QED) is 0.686. The van der Waals surface area contributed by atoms with Crippen LogP contribution >= 0.6 is 15.9 Å². The zero-order valence-corrected chi connectivity index (χ0v) is 8.00. The summed E-state index contributed by atoms with van der Waals surface area (Å²) in [5.41, 5.74) is 1.86. The minimum atomic E-state index is 0.572. The SMILES string of the molecule is N#Cc1ccnc(Br)c1C1CC1. The molecule has 1 saturated carbocycles. The summed E-state index contributed by atoms with van der Waals surface area (Å²) < 4.78 is 0.837. The lowest BCUT2D eigenvalue weighted by atomic mass is 10.1. The summed E-state index contributed by atoms with van der Waals surface area (Å²) in [4.78, 5) is 4.11. The monoisotopic (exact) mass is 222 g/mol. The van der Waals surface area contributed by atoms with Crippen LogP contribution < -0.4 is 0 Å². The number of aromatic nitrogens is 1. The lowest BCUT2D eigenvalue weighted by Crippen LogP contribution is -1.90. The van der Waals surface area contributed by atoms with Crippen LogP contribution in [0.4, 0.5) is 0 Å². The Morgan fingerprint density at radius 1 is 1.58 bits per heavy atom. The topological polar surface area (TPSA) is 36.7 Å². The molecule has 1 aliphatic rings. The Balaban J connectivity index is 2.54. The van der Waals surface area contributed by atoms with Gasteiger partial charge in [0.15, 0.2) is 0 Å². The summed E-state index contributed by atoms with van der Waals surface area (Å²) in [6.45, 7) is 0. The van der Waals surface area contributed by atoms with E-state index in [1.165, 1.54) is 12.8 Å². The average molecular weight is 223 g/mol. The van der Waals surface area contributed by atoms with E-state index in [0.29, 0.717) is 5.92 Å². The fourth-order valence-corrected chi connectivity index (χ4v) is 1.96. The summed E-state index contributed by atoms with van der Waals surface area (Å²) in [6, 6.07) is 3.96. The largest absolute Gasteiger partial charge is 0.249 e. The third kappa shape index (κ3) is 1.23. The van der Waals surface area contributed by atoms with Crippen LogP contribution in [-0.4, -0.2) is 4.98 Å². The molecular formula is C9H7BrN2. The number of nitrogens with zero attached hydrogens (tertiary/aromatic N) is 2. The molecule has 1 fully saturated rings. The van der Waals surface area contributed by atoms with Crippen LogP contribution in [-0.2, 0) is 0 Å². The fraction of sp³-hybridized carbons (Fsp3) is 0.333. The molecule has 1 aliphatic carbocycles. The molecule has 0 aromatic carbocycles. The maximum absolute atomic E-state index is 8.82. The lowest BCUT2D eigenvalue weighted by molar-refractivity contribution is 1.06. The van der Waals surface area contributed by atoms with Crippen LogP contribution in [0.1, 0.15) is 29.9 Å². The van der Waals surface area contributed by atoms with Gasteiger partial charge in [-0.2, -0.15) is 5.26 Å². The highest BCUT2D eigenvalue weighted by Gasteiger charge is 2.28. The van der Waals surface area contributed by atoms with Gasteiger partial charge < -0.3 is 0 Å². The van der Waals surface area contributed by atoms with Gasteiger partial charge in [0, 0.05) is 11.8 Å². The van der Waals surface area contributed by atoms with Crippen LogP contribution in [0.15, 0.2) is 16.9 Å². The number of hydrogen-bond donors (Lipinski definition) is 0. The molecule has 0 radical (unpaired) electrons. The molecule has 0 unspecified atom stereocenters. The zero-order chi connectivity index (χ0) is 8.55. The highest BCUT2D eigenvalue weighted by Crippen LogP contribution is 2.43. The molecule has 2 rings (SSSR count). The minimum Gasteiger partial charge on any atom is -0.249 e. The van der Waals surface area contributed by atoms with Crippen molar-refractivity contribution in [2.75, 3.05) is 0 Å². The van der Waals surface area contributed by atoms with E-state index in [1.807, 2.05) is 0 Å². The Bertz CT molecular complexity index is 350. The second-order valence-electron chi connectivity index (χ2n) is 2.95. The van der Waals surface area contributed by atoms with Gasteiger partial charge in [0.2, 0.25) is 0 Å². The number of hydrogen-bond acceptors (Lipinski definition) is 2. The number of nitriles is 1. The Kier molecular flexibility index (Phi) is 1.86. The van der Waals surface area contributed by atoms with E-state index in [2.05, 4.69) is 27.0 Å². The molecule has 3 heteroatoms. The third-order valence-corrected chi connectivity index (χ3v) is 2.68. The molecule has 0 spiro atoms. The molecule has 0 atom stereocenters. The normalized spacial score (nSPS) is 15.7. The Morgan fingerprint density at radius 3 is 2.92 bits per heavy atom. The van der Waals surface area contributed by atoms with Gasteiger partial charge in [-0.3, -0.25) is 0 Å². The van der Waals surface area contributed by atoms with E-state index < -0.39 is 0 Å². The van der Waals surface area contributed by atoms with Gasteiger partial charge >= 0.3 is 0 Å². The van der Waals surface area contributed by atoms with Gasteiger partial charge in [0.05, 0.1) is 11.6 Å². The highest BCUT2D eigenvalue weighted by atomic mass is 79.9. The van der Waals surface area contributed by atoms with E-state index in [-0.39, 0.29) is 0 Å². The van der Waals surface area contributed by atoms with Gasteiger partial charge in [-0.05, 0) is 40.8 Å². The van der Waals surface area contributed by atoms with E-state index in [0.717, 1.165) is 15.7 Å². The number of pyridine rings is 1. The molecule has 1 aromatic rings. The minimum absolute atomic E-state index is 0.572. The van der Waals surface area contributed by atoms with Gasteiger partial charge in [-0.1, -0.05) is 0 Å². The summed E-state index contributed by atoms with van der Waals surface area (Å²) in [5.74, 6) is 0.572. The second kappa shape index (κ2) is 2.87. The van der Waals surface area contributed by atoms with Crippen molar-refractivity contribution in [2.24, 2.45) is 0 Å². The number of rotatable bonds is 1. The van der Waals surface area contributed by atoms with Gasteiger partial charge in [-0.15, -0.1) is 0 Å².